The standard InChI is InChI=1S/C7H12N2OS/c1-5(2)11(3)7-8-4-6(10)9-7/h5H,3-4H2,1-2H3,(H,8,9,10). The van der Waals surface area contributed by atoms with E-state index in [0.29, 0.717) is 5.25 Å². The molecule has 0 aromatic carbocycles. The summed E-state index contributed by atoms with van der Waals surface area (Å²) < 4.78 is 0. The van der Waals surface area contributed by atoms with E-state index in [9.17, 15) is 4.79 Å². The van der Waals surface area contributed by atoms with Gasteiger partial charge in [0.2, 0.25) is 5.91 Å². The summed E-state index contributed by atoms with van der Waals surface area (Å²) in [5.41, 5.74) is 0. The van der Waals surface area contributed by atoms with Crippen LogP contribution in [0, 0.1) is 0 Å². The lowest BCUT2D eigenvalue weighted by Gasteiger charge is -2.09. The largest absolute Gasteiger partial charge is 0.304 e. The van der Waals surface area contributed by atoms with E-state index in [0.717, 1.165) is 5.17 Å². The number of nitrogens with zero attached hydrogens (tertiary/aromatic N) is 1. The number of nitrogens with one attached hydrogen (secondary N) is 1. The second-order valence-corrected chi connectivity index (χ2v) is 4.83. The fraction of sp³-hybridized carbons (Fsp3) is 0.571. The van der Waals surface area contributed by atoms with Crippen LogP contribution >= 0.6 is 10.5 Å². The molecule has 0 bridgehead atoms. The molecular formula is C7H12N2OS. The summed E-state index contributed by atoms with van der Waals surface area (Å²) >= 11 is 0. The smallest absolute Gasteiger partial charge is 0.247 e. The van der Waals surface area contributed by atoms with Gasteiger partial charge in [-0.1, -0.05) is 19.7 Å². The van der Waals surface area contributed by atoms with Gasteiger partial charge < -0.3 is 5.32 Å². The summed E-state index contributed by atoms with van der Waals surface area (Å²) in [6, 6.07) is 0. The molecule has 1 atom stereocenters. The summed E-state index contributed by atoms with van der Waals surface area (Å²) in [6.07, 6.45) is 0. The van der Waals surface area contributed by atoms with Gasteiger partial charge in [0, 0.05) is 5.25 Å². The highest BCUT2D eigenvalue weighted by Gasteiger charge is 2.16. The Morgan fingerprint density at radius 2 is 2.36 bits per heavy atom. The Kier molecular flexibility index (Phi) is 2.44. The van der Waals surface area contributed by atoms with Crippen molar-refractivity contribution in [3.8, 4) is 0 Å². The van der Waals surface area contributed by atoms with Crippen molar-refractivity contribution in [3.63, 3.8) is 0 Å². The first-order chi connectivity index (χ1) is 5.11. The van der Waals surface area contributed by atoms with Gasteiger partial charge >= 0.3 is 0 Å². The Hall–Kier alpha value is -0.640. The maximum atomic E-state index is 10.7. The van der Waals surface area contributed by atoms with E-state index in [4.69, 9.17) is 0 Å². The average molecular weight is 172 g/mol. The summed E-state index contributed by atoms with van der Waals surface area (Å²) in [5, 5.41) is 3.92. The summed E-state index contributed by atoms with van der Waals surface area (Å²) in [5.74, 6) is 3.92. The maximum absolute atomic E-state index is 10.7. The van der Waals surface area contributed by atoms with Crippen LogP contribution in [0.1, 0.15) is 13.8 Å². The van der Waals surface area contributed by atoms with Crippen LogP contribution in [0.4, 0.5) is 0 Å². The number of carbonyl (C=O) groups excluding carboxylic acids is 1. The van der Waals surface area contributed by atoms with Crippen molar-refractivity contribution >= 4 is 27.4 Å². The van der Waals surface area contributed by atoms with Crippen molar-refractivity contribution in [2.24, 2.45) is 4.99 Å². The van der Waals surface area contributed by atoms with Crippen molar-refractivity contribution in [2.75, 3.05) is 6.54 Å². The van der Waals surface area contributed by atoms with Gasteiger partial charge in [-0.3, -0.25) is 9.79 Å². The van der Waals surface area contributed by atoms with Crippen LogP contribution in [0.2, 0.25) is 0 Å². The molecule has 0 saturated carbocycles. The van der Waals surface area contributed by atoms with Crippen molar-refractivity contribution in [1.82, 2.24) is 5.32 Å². The first kappa shape index (κ1) is 8.46. The number of aliphatic imine (C=N–C) groups is 1. The van der Waals surface area contributed by atoms with E-state index >= 15 is 0 Å². The van der Waals surface area contributed by atoms with Gasteiger partial charge in [0.05, 0.1) is 0 Å². The quantitative estimate of drug-likeness (QED) is 0.578. The monoisotopic (exact) mass is 172 g/mol. The minimum Gasteiger partial charge on any atom is -0.304 e. The van der Waals surface area contributed by atoms with E-state index in [2.05, 4.69) is 30.0 Å². The molecule has 0 fully saturated rings. The number of hydrogen-bond donors (Lipinski definition) is 1. The molecule has 0 saturated heterocycles. The van der Waals surface area contributed by atoms with E-state index in [1.54, 1.807) is 0 Å². The highest BCUT2D eigenvalue weighted by molar-refractivity contribution is 8.27. The maximum Gasteiger partial charge on any atom is 0.247 e. The molecule has 1 unspecified atom stereocenters. The highest BCUT2D eigenvalue weighted by atomic mass is 32.2. The zero-order valence-electron chi connectivity index (χ0n) is 6.76. The van der Waals surface area contributed by atoms with Gasteiger partial charge in [0.25, 0.3) is 0 Å². The molecule has 1 aliphatic rings. The minimum atomic E-state index is -0.150. The number of rotatable bonds is 1. The van der Waals surface area contributed by atoms with Crippen molar-refractivity contribution in [1.29, 1.82) is 0 Å². The van der Waals surface area contributed by atoms with Crippen LogP contribution in [0.5, 0.6) is 0 Å². The fourth-order valence-corrected chi connectivity index (χ4v) is 1.64. The molecule has 11 heavy (non-hydrogen) atoms. The number of hydrogen-bond acceptors (Lipinski definition) is 2. The second kappa shape index (κ2) is 3.17. The average Bonchev–Trinajstić information content (AvgIpc) is 2.34. The van der Waals surface area contributed by atoms with Gasteiger partial charge in [-0.15, -0.1) is 10.5 Å². The van der Waals surface area contributed by atoms with Gasteiger partial charge in [0.15, 0.2) is 5.17 Å². The minimum absolute atomic E-state index is 0.0122. The van der Waals surface area contributed by atoms with Crippen LogP contribution in [-0.2, 0) is 4.79 Å². The first-order valence-corrected chi connectivity index (χ1v) is 4.94. The van der Waals surface area contributed by atoms with Crippen LogP contribution in [-0.4, -0.2) is 28.7 Å². The van der Waals surface area contributed by atoms with Gasteiger partial charge in [-0.2, -0.15) is 0 Å². The third kappa shape index (κ3) is 1.89. The Morgan fingerprint density at radius 1 is 1.73 bits per heavy atom. The van der Waals surface area contributed by atoms with Crippen molar-refractivity contribution in [2.45, 2.75) is 19.1 Å². The highest BCUT2D eigenvalue weighted by Crippen LogP contribution is 2.19. The van der Waals surface area contributed by atoms with Gasteiger partial charge in [0.1, 0.15) is 6.54 Å². The number of carbonyl (C=O) groups is 1. The second-order valence-electron chi connectivity index (χ2n) is 2.65. The molecule has 4 heteroatoms. The molecule has 0 spiro atoms. The lowest BCUT2D eigenvalue weighted by molar-refractivity contribution is -0.117. The normalized spacial score (nSPS) is 19.9. The van der Waals surface area contributed by atoms with E-state index < -0.39 is 0 Å². The molecule has 1 N–H and O–H groups in total. The summed E-state index contributed by atoms with van der Waals surface area (Å²) in [6.45, 7) is 4.42. The van der Waals surface area contributed by atoms with E-state index in [1.807, 2.05) is 0 Å². The summed E-state index contributed by atoms with van der Waals surface area (Å²) in [7, 11) is -0.150. The topological polar surface area (TPSA) is 41.5 Å². The molecule has 3 nitrogen and oxygen atoms in total. The van der Waals surface area contributed by atoms with Gasteiger partial charge in [-0.25, -0.2) is 0 Å². The van der Waals surface area contributed by atoms with Crippen molar-refractivity contribution < 1.29 is 4.79 Å². The fourth-order valence-electron chi connectivity index (χ4n) is 0.714. The number of amidine groups is 1. The molecule has 0 aliphatic carbocycles. The van der Waals surface area contributed by atoms with Crippen LogP contribution < -0.4 is 5.32 Å². The molecule has 1 rings (SSSR count). The third-order valence-corrected chi connectivity index (χ3v) is 3.30. The third-order valence-electron chi connectivity index (χ3n) is 1.43. The zero-order chi connectivity index (χ0) is 8.43. The molecular weight excluding hydrogens is 160 g/mol. The Morgan fingerprint density at radius 3 is 2.73 bits per heavy atom. The predicted octanol–water partition coefficient (Wildman–Crippen LogP) is 0.582. The van der Waals surface area contributed by atoms with Crippen LogP contribution in [0.25, 0.3) is 0 Å². The Labute approximate surface area is 68.8 Å². The Balaban J connectivity index is 2.63. The molecule has 1 aliphatic heterocycles. The van der Waals surface area contributed by atoms with E-state index in [1.165, 1.54) is 0 Å². The molecule has 0 aromatic rings. The lowest BCUT2D eigenvalue weighted by atomic mass is 10.6. The SMILES string of the molecule is C=S(C1=NCC(=O)N1)C(C)C. The summed E-state index contributed by atoms with van der Waals surface area (Å²) in [4.78, 5) is 14.8. The first-order valence-electron chi connectivity index (χ1n) is 3.48. The van der Waals surface area contributed by atoms with Crippen LogP contribution in [0.3, 0.4) is 0 Å². The van der Waals surface area contributed by atoms with E-state index in [-0.39, 0.29) is 22.9 Å². The van der Waals surface area contributed by atoms with Crippen molar-refractivity contribution in [3.05, 3.63) is 0 Å². The van der Waals surface area contributed by atoms with Crippen LogP contribution in [0.15, 0.2) is 4.99 Å². The molecule has 1 amide bonds. The lowest BCUT2D eigenvalue weighted by Crippen LogP contribution is -2.24. The molecule has 0 aromatic heterocycles. The molecule has 62 valence electrons. The Bertz CT molecular complexity index is 233. The zero-order valence-corrected chi connectivity index (χ0v) is 7.57. The molecule has 0 radical (unpaired) electrons. The molecule has 1 heterocycles. The number of amides is 1. The van der Waals surface area contributed by atoms with Gasteiger partial charge in [-0.05, 0) is 0 Å². The predicted molar refractivity (Wildman–Crippen MR) is 50.3 cm³/mol.